The van der Waals surface area contributed by atoms with Crippen LogP contribution in [0.1, 0.15) is 44.9 Å². The number of carbonyl (C=O) groups is 1. The molecular weight excluding hydrogens is 314 g/mol. The van der Waals surface area contributed by atoms with Crippen LogP contribution in [0.25, 0.3) is 0 Å². The predicted molar refractivity (Wildman–Crippen MR) is 99.2 cm³/mol. The molecular formula is C20H33N3O2. The van der Waals surface area contributed by atoms with Gasteiger partial charge in [0.2, 0.25) is 5.91 Å². The number of terminal acetylenes is 1. The third-order valence-electron chi connectivity index (χ3n) is 6.33. The molecule has 1 N–H and O–H groups in total. The van der Waals surface area contributed by atoms with Crippen molar-refractivity contribution in [3.63, 3.8) is 0 Å². The van der Waals surface area contributed by atoms with Crippen LogP contribution in [-0.4, -0.2) is 73.7 Å². The van der Waals surface area contributed by atoms with Crippen LogP contribution in [0.3, 0.4) is 0 Å². The second kappa shape index (κ2) is 9.02. The second-order valence-corrected chi connectivity index (χ2v) is 7.86. The third-order valence-corrected chi connectivity index (χ3v) is 6.33. The number of morpholine rings is 1. The molecule has 3 rings (SSSR count). The lowest BCUT2D eigenvalue weighted by atomic mass is 9.79. The number of amides is 1. The van der Waals surface area contributed by atoms with Gasteiger partial charge in [0.15, 0.2) is 0 Å². The lowest BCUT2D eigenvalue weighted by molar-refractivity contribution is -0.127. The van der Waals surface area contributed by atoms with E-state index in [0.717, 1.165) is 58.8 Å². The predicted octanol–water partition coefficient (Wildman–Crippen LogP) is 1.48. The van der Waals surface area contributed by atoms with Gasteiger partial charge >= 0.3 is 0 Å². The highest BCUT2D eigenvalue weighted by molar-refractivity contribution is 5.78. The van der Waals surface area contributed by atoms with Crippen LogP contribution in [0, 0.1) is 18.3 Å². The van der Waals surface area contributed by atoms with Gasteiger partial charge in [-0.2, -0.15) is 0 Å². The molecule has 0 aromatic carbocycles. The SMILES string of the molecule is C#CCN1CCC(C(=O)NCC2(N3CCOCC3)CCCCC2)CC1. The molecule has 2 saturated heterocycles. The van der Waals surface area contributed by atoms with Crippen molar-refractivity contribution < 1.29 is 9.53 Å². The Hall–Kier alpha value is -1.09. The van der Waals surface area contributed by atoms with Gasteiger partial charge in [0.05, 0.1) is 19.8 Å². The van der Waals surface area contributed by atoms with E-state index in [-0.39, 0.29) is 17.4 Å². The van der Waals surface area contributed by atoms with Gasteiger partial charge in [-0.25, -0.2) is 0 Å². The summed E-state index contributed by atoms with van der Waals surface area (Å²) in [5.74, 6) is 3.10. The Bertz CT molecular complexity index is 468. The summed E-state index contributed by atoms with van der Waals surface area (Å²) in [5.41, 5.74) is 0.155. The molecule has 2 aliphatic heterocycles. The van der Waals surface area contributed by atoms with Gasteiger partial charge in [-0.3, -0.25) is 14.6 Å². The second-order valence-electron chi connectivity index (χ2n) is 7.86. The summed E-state index contributed by atoms with van der Waals surface area (Å²) in [6, 6.07) is 0. The molecule has 5 heteroatoms. The van der Waals surface area contributed by atoms with Crippen molar-refractivity contribution in [3.05, 3.63) is 0 Å². The first-order chi connectivity index (χ1) is 12.2. The maximum absolute atomic E-state index is 12.7. The van der Waals surface area contributed by atoms with E-state index >= 15 is 0 Å². The van der Waals surface area contributed by atoms with Gasteiger partial charge < -0.3 is 10.1 Å². The molecule has 1 aliphatic carbocycles. The van der Waals surface area contributed by atoms with Crippen LogP contribution >= 0.6 is 0 Å². The van der Waals surface area contributed by atoms with Crippen LogP contribution in [0.15, 0.2) is 0 Å². The molecule has 1 amide bonds. The molecule has 0 bridgehead atoms. The van der Waals surface area contributed by atoms with Crippen LogP contribution in [0.5, 0.6) is 0 Å². The average Bonchev–Trinajstić information content (AvgIpc) is 2.68. The molecule has 25 heavy (non-hydrogen) atoms. The number of likely N-dealkylation sites (tertiary alicyclic amines) is 1. The molecule has 0 unspecified atom stereocenters. The monoisotopic (exact) mass is 347 g/mol. The summed E-state index contributed by atoms with van der Waals surface area (Å²) < 4.78 is 5.54. The number of carbonyl (C=O) groups excluding carboxylic acids is 1. The highest BCUT2D eigenvalue weighted by Gasteiger charge is 2.39. The summed E-state index contributed by atoms with van der Waals surface area (Å²) in [4.78, 5) is 17.6. The number of nitrogens with zero attached hydrogens (tertiary/aromatic N) is 2. The normalized spacial score (nSPS) is 26.0. The summed E-state index contributed by atoms with van der Waals surface area (Å²) >= 11 is 0. The molecule has 0 spiro atoms. The first-order valence-corrected chi connectivity index (χ1v) is 10.00. The van der Waals surface area contributed by atoms with Crippen molar-refractivity contribution in [2.24, 2.45) is 5.92 Å². The Morgan fingerprint density at radius 2 is 1.80 bits per heavy atom. The highest BCUT2D eigenvalue weighted by atomic mass is 16.5. The van der Waals surface area contributed by atoms with Crippen LogP contribution in [0.2, 0.25) is 0 Å². The van der Waals surface area contributed by atoms with Gasteiger partial charge in [-0.15, -0.1) is 6.42 Å². The minimum atomic E-state index is 0.152. The van der Waals surface area contributed by atoms with Gasteiger partial charge in [0.1, 0.15) is 0 Å². The van der Waals surface area contributed by atoms with E-state index in [1.165, 1.54) is 32.1 Å². The van der Waals surface area contributed by atoms with Crippen molar-refractivity contribution in [2.45, 2.75) is 50.5 Å². The Kier molecular flexibility index (Phi) is 6.75. The van der Waals surface area contributed by atoms with Crippen molar-refractivity contribution in [2.75, 3.05) is 52.5 Å². The Balaban J connectivity index is 1.52. The Morgan fingerprint density at radius 3 is 2.44 bits per heavy atom. The Labute approximate surface area is 152 Å². The van der Waals surface area contributed by atoms with Gasteiger partial charge in [-0.1, -0.05) is 25.2 Å². The zero-order valence-electron chi connectivity index (χ0n) is 15.5. The van der Waals surface area contributed by atoms with Crippen molar-refractivity contribution in [1.82, 2.24) is 15.1 Å². The molecule has 0 aromatic rings. The smallest absolute Gasteiger partial charge is 0.223 e. The van der Waals surface area contributed by atoms with E-state index in [2.05, 4.69) is 21.0 Å². The van der Waals surface area contributed by atoms with E-state index in [9.17, 15) is 4.79 Å². The summed E-state index contributed by atoms with van der Waals surface area (Å²) in [7, 11) is 0. The average molecular weight is 348 g/mol. The minimum Gasteiger partial charge on any atom is -0.379 e. The van der Waals surface area contributed by atoms with Crippen LogP contribution < -0.4 is 5.32 Å². The quantitative estimate of drug-likeness (QED) is 0.765. The molecule has 0 aromatic heterocycles. The number of hydrogen-bond acceptors (Lipinski definition) is 4. The number of rotatable bonds is 5. The molecule has 3 aliphatic rings. The fraction of sp³-hybridized carbons (Fsp3) is 0.850. The number of piperidine rings is 1. The third kappa shape index (κ3) is 4.75. The van der Waals surface area contributed by atoms with E-state index in [1.807, 2.05) is 0 Å². The van der Waals surface area contributed by atoms with Crippen molar-refractivity contribution in [3.8, 4) is 12.3 Å². The molecule has 1 saturated carbocycles. The molecule has 5 nitrogen and oxygen atoms in total. The standard InChI is InChI=1S/C20H33N3O2/c1-2-10-22-11-6-18(7-12-22)19(24)21-17-20(8-4-3-5-9-20)23-13-15-25-16-14-23/h1,18H,3-17H2,(H,21,24). The lowest BCUT2D eigenvalue weighted by Crippen LogP contribution is -2.60. The topological polar surface area (TPSA) is 44.8 Å². The summed E-state index contributed by atoms with van der Waals surface area (Å²) in [6.45, 7) is 7.03. The van der Waals surface area contributed by atoms with Crippen LogP contribution in [-0.2, 0) is 9.53 Å². The maximum Gasteiger partial charge on any atom is 0.223 e. The molecule has 140 valence electrons. The number of ether oxygens (including phenoxy) is 1. The molecule has 3 fully saturated rings. The fourth-order valence-corrected chi connectivity index (χ4v) is 4.73. The largest absolute Gasteiger partial charge is 0.379 e. The minimum absolute atomic E-state index is 0.152. The van der Waals surface area contributed by atoms with Gasteiger partial charge in [0.25, 0.3) is 0 Å². The highest BCUT2D eigenvalue weighted by Crippen LogP contribution is 2.34. The van der Waals surface area contributed by atoms with Crippen molar-refractivity contribution >= 4 is 5.91 Å². The van der Waals surface area contributed by atoms with E-state index < -0.39 is 0 Å². The number of nitrogens with one attached hydrogen (secondary N) is 1. The zero-order valence-corrected chi connectivity index (χ0v) is 15.5. The maximum atomic E-state index is 12.7. The molecule has 2 heterocycles. The van der Waals surface area contributed by atoms with E-state index in [1.54, 1.807) is 0 Å². The summed E-state index contributed by atoms with van der Waals surface area (Å²) in [5, 5.41) is 3.33. The lowest BCUT2D eigenvalue weighted by Gasteiger charge is -2.48. The summed E-state index contributed by atoms with van der Waals surface area (Å²) in [6.07, 6.45) is 13.5. The first kappa shape index (κ1) is 18.7. The first-order valence-electron chi connectivity index (χ1n) is 10.00. The Morgan fingerprint density at radius 1 is 1.12 bits per heavy atom. The fourth-order valence-electron chi connectivity index (χ4n) is 4.73. The zero-order chi connectivity index (χ0) is 17.5. The van der Waals surface area contributed by atoms with E-state index in [0.29, 0.717) is 6.54 Å². The van der Waals surface area contributed by atoms with E-state index in [4.69, 9.17) is 11.2 Å². The molecule has 0 atom stereocenters. The van der Waals surface area contributed by atoms with Crippen molar-refractivity contribution in [1.29, 1.82) is 0 Å². The number of hydrogen-bond donors (Lipinski definition) is 1. The van der Waals surface area contributed by atoms with Gasteiger partial charge in [0, 0.05) is 31.1 Å². The molecule has 0 radical (unpaired) electrons. The van der Waals surface area contributed by atoms with Crippen LogP contribution in [0.4, 0.5) is 0 Å². The van der Waals surface area contributed by atoms with Gasteiger partial charge in [-0.05, 0) is 38.8 Å².